The van der Waals surface area contributed by atoms with Crippen molar-refractivity contribution in [2.45, 2.75) is 31.8 Å². The maximum atomic E-state index is 5.84. The van der Waals surface area contributed by atoms with Crippen LogP contribution in [0.25, 0.3) is 10.7 Å². The first kappa shape index (κ1) is 9.99. The van der Waals surface area contributed by atoms with Crippen LogP contribution in [0.2, 0.25) is 0 Å². The second-order valence-corrected chi connectivity index (χ2v) is 5.34. The predicted octanol–water partition coefficient (Wildman–Crippen LogP) is 2.36. The van der Waals surface area contributed by atoms with E-state index in [4.69, 9.17) is 5.73 Å². The number of thiazole rings is 1. The average Bonchev–Trinajstić information content (AvgIpc) is 2.83. The molecule has 2 N–H and O–H groups in total. The fraction of sp³-hybridized carbons (Fsp3) is 0.455. The molecule has 2 heterocycles. The molecule has 4 nitrogen and oxygen atoms in total. The van der Waals surface area contributed by atoms with Crippen LogP contribution in [0.5, 0.6) is 0 Å². The lowest BCUT2D eigenvalue weighted by molar-refractivity contribution is 0.747. The van der Waals surface area contributed by atoms with Crippen LogP contribution in [0.1, 0.15) is 36.7 Å². The molecule has 0 amide bonds. The molecule has 3 rings (SSSR count). The van der Waals surface area contributed by atoms with Crippen LogP contribution in [-0.2, 0) is 0 Å². The summed E-state index contributed by atoms with van der Waals surface area (Å²) < 4.78 is 2.23. The van der Waals surface area contributed by atoms with E-state index in [9.17, 15) is 0 Å². The van der Waals surface area contributed by atoms with Crippen molar-refractivity contribution in [3.8, 4) is 10.7 Å². The molecule has 0 aliphatic heterocycles. The number of aromatic nitrogens is 3. The van der Waals surface area contributed by atoms with Crippen LogP contribution >= 0.6 is 11.3 Å². The van der Waals surface area contributed by atoms with E-state index in [0.717, 1.165) is 15.6 Å². The molecule has 1 aliphatic carbocycles. The van der Waals surface area contributed by atoms with E-state index in [-0.39, 0.29) is 6.04 Å². The highest BCUT2D eigenvalue weighted by molar-refractivity contribution is 7.15. The third-order valence-corrected chi connectivity index (χ3v) is 4.02. The molecular formula is C11H14N4S. The number of hydrogen-bond donors (Lipinski definition) is 1. The van der Waals surface area contributed by atoms with Gasteiger partial charge in [0.2, 0.25) is 0 Å². The minimum absolute atomic E-state index is 0.0588. The Labute approximate surface area is 98.1 Å². The summed E-state index contributed by atoms with van der Waals surface area (Å²) in [6.07, 6.45) is 8.18. The lowest BCUT2D eigenvalue weighted by Gasteiger charge is -2.02. The molecule has 0 bridgehead atoms. The fourth-order valence-corrected chi connectivity index (χ4v) is 2.61. The monoisotopic (exact) mass is 234 g/mol. The lowest BCUT2D eigenvalue weighted by atomic mass is 10.3. The first-order valence-electron chi connectivity index (χ1n) is 5.49. The Hall–Kier alpha value is -1.20. The molecule has 84 valence electrons. The zero-order valence-corrected chi connectivity index (χ0v) is 9.94. The molecule has 1 atom stereocenters. The van der Waals surface area contributed by atoms with Crippen molar-refractivity contribution in [3.05, 3.63) is 23.6 Å². The molecule has 2 aromatic heterocycles. The number of nitrogens with two attached hydrogens (primary N) is 1. The van der Waals surface area contributed by atoms with Gasteiger partial charge in [-0.15, -0.1) is 11.3 Å². The van der Waals surface area contributed by atoms with Crippen molar-refractivity contribution in [1.29, 1.82) is 0 Å². The molecular weight excluding hydrogens is 220 g/mol. The van der Waals surface area contributed by atoms with Crippen molar-refractivity contribution in [1.82, 2.24) is 14.5 Å². The van der Waals surface area contributed by atoms with Crippen LogP contribution < -0.4 is 5.73 Å². The Morgan fingerprint density at radius 2 is 2.31 bits per heavy atom. The van der Waals surface area contributed by atoms with Crippen LogP contribution in [0.15, 0.2) is 18.7 Å². The minimum Gasteiger partial charge on any atom is -0.326 e. The zero-order valence-electron chi connectivity index (χ0n) is 9.13. The maximum Gasteiger partial charge on any atom is 0.141 e. The maximum absolute atomic E-state index is 5.84. The molecule has 5 heteroatoms. The molecule has 1 fully saturated rings. The van der Waals surface area contributed by atoms with Gasteiger partial charge in [-0.2, -0.15) is 0 Å². The van der Waals surface area contributed by atoms with Crippen LogP contribution in [0, 0.1) is 0 Å². The van der Waals surface area contributed by atoms with Crippen molar-refractivity contribution in [3.63, 3.8) is 0 Å². The number of hydrogen-bond acceptors (Lipinski definition) is 4. The first-order chi connectivity index (χ1) is 7.75. The van der Waals surface area contributed by atoms with E-state index >= 15 is 0 Å². The summed E-state index contributed by atoms with van der Waals surface area (Å²) in [5.74, 6) is 0. The molecule has 16 heavy (non-hydrogen) atoms. The largest absolute Gasteiger partial charge is 0.326 e. The van der Waals surface area contributed by atoms with E-state index in [1.165, 1.54) is 12.8 Å². The standard InChI is InChI=1S/C11H14N4S/c1-7(12)10-5-14-11(16-10)9-4-13-6-15(9)8-2-3-8/h4-8H,2-3,12H2,1H3. The zero-order chi connectivity index (χ0) is 11.1. The normalized spacial score (nSPS) is 17.6. The molecule has 0 spiro atoms. The van der Waals surface area contributed by atoms with Crippen LogP contribution in [0.3, 0.4) is 0 Å². The van der Waals surface area contributed by atoms with Gasteiger partial charge < -0.3 is 10.3 Å². The Kier molecular flexibility index (Phi) is 2.29. The van der Waals surface area contributed by atoms with E-state index in [1.54, 1.807) is 11.3 Å². The third kappa shape index (κ3) is 1.66. The molecule has 1 unspecified atom stereocenters. The van der Waals surface area contributed by atoms with Gasteiger partial charge in [0.15, 0.2) is 0 Å². The Balaban J connectivity index is 1.97. The summed E-state index contributed by atoms with van der Waals surface area (Å²) in [5.41, 5.74) is 6.96. The smallest absolute Gasteiger partial charge is 0.141 e. The Bertz CT molecular complexity index is 496. The van der Waals surface area contributed by atoms with E-state index in [1.807, 2.05) is 25.6 Å². The lowest BCUT2D eigenvalue weighted by Crippen LogP contribution is -2.01. The third-order valence-electron chi connectivity index (χ3n) is 2.80. The van der Waals surface area contributed by atoms with Gasteiger partial charge in [0, 0.05) is 23.2 Å². The minimum atomic E-state index is 0.0588. The fourth-order valence-electron chi connectivity index (χ4n) is 1.73. The number of rotatable bonds is 3. The number of nitrogens with zero attached hydrogens (tertiary/aromatic N) is 3. The Morgan fingerprint density at radius 1 is 1.50 bits per heavy atom. The second kappa shape index (κ2) is 3.68. The van der Waals surface area contributed by atoms with Crippen molar-refractivity contribution >= 4 is 11.3 Å². The highest BCUT2D eigenvalue weighted by Crippen LogP contribution is 2.39. The summed E-state index contributed by atoms with van der Waals surface area (Å²) in [6.45, 7) is 1.98. The molecule has 1 saturated carbocycles. The van der Waals surface area contributed by atoms with E-state index < -0.39 is 0 Å². The van der Waals surface area contributed by atoms with Gasteiger partial charge in [-0.05, 0) is 19.8 Å². The van der Waals surface area contributed by atoms with Crippen molar-refractivity contribution in [2.75, 3.05) is 0 Å². The van der Waals surface area contributed by atoms with Crippen molar-refractivity contribution < 1.29 is 0 Å². The van der Waals surface area contributed by atoms with E-state index in [2.05, 4.69) is 14.5 Å². The van der Waals surface area contributed by atoms with Crippen molar-refractivity contribution in [2.24, 2.45) is 5.73 Å². The predicted molar refractivity (Wildman–Crippen MR) is 64.2 cm³/mol. The van der Waals surface area contributed by atoms with Gasteiger partial charge in [0.1, 0.15) is 5.01 Å². The highest BCUT2D eigenvalue weighted by atomic mass is 32.1. The molecule has 0 saturated heterocycles. The number of imidazole rings is 1. The summed E-state index contributed by atoms with van der Waals surface area (Å²) in [5, 5.41) is 1.02. The van der Waals surface area contributed by atoms with Gasteiger partial charge >= 0.3 is 0 Å². The quantitative estimate of drug-likeness (QED) is 0.887. The topological polar surface area (TPSA) is 56.7 Å². The Morgan fingerprint density at radius 3 is 2.94 bits per heavy atom. The summed E-state index contributed by atoms with van der Waals surface area (Å²) in [6, 6.07) is 0.698. The van der Waals surface area contributed by atoms with Gasteiger partial charge in [0.25, 0.3) is 0 Å². The molecule has 0 aromatic carbocycles. The highest BCUT2D eigenvalue weighted by Gasteiger charge is 2.26. The van der Waals surface area contributed by atoms with Gasteiger partial charge in [-0.25, -0.2) is 9.97 Å². The SMILES string of the molecule is CC(N)c1cnc(-c2cncn2C2CC2)s1. The molecule has 0 radical (unpaired) electrons. The van der Waals surface area contributed by atoms with Gasteiger partial charge in [0.05, 0.1) is 18.2 Å². The van der Waals surface area contributed by atoms with Gasteiger partial charge in [-0.3, -0.25) is 0 Å². The van der Waals surface area contributed by atoms with E-state index in [0.29, 0.717) is 6.04 Å². The van der Waals surface area contributed by atoms with Crippen LogP contribution in [0.4, 0.5) is 0 Å². The molecule has 2 aromatic rings. The van der Waals surface area contributed by atoms with Crippen LogP contribution in [-0.4, -0.2) is 14.5 Å². The first-order valence-corrected chi connectivity index (χ1v) is 6.31. The molecule has 1 aliphatic rings. The summed E-state index contributed by atoms with van der Waals surface area (Å²) >= 11 is 1.66. The second-order valence-electron chi connectivity index (χ2n) is 4.27. The average molecular weight is 234 g/mol. The summed E-state index contributed by atoms with van der Waals surface area (Å²) in [4.78, 5) is 9.76. The van der Waals surface area contributed by atoms with Gasteiger partial charge in [-0.1, -0.05) is 0 Å². The summed E-state index contributed by atoms with van der Waals surface area (Å²) in [7, 11) is 0.